The summed E-state index contributed by atoms with van der Waals surface area (Å²) in [5.74, 6) is -0.342. The lowest BCUT2D eigenvalue weighted by Gasteiger charge is -2.21. The van der Waals surface area contributed by atoms with E-state index >= 15 is 0 Å². The Bertz CT molecular complexity index is 1090. The molecule has 1 heterocycles. The molecule has 0 spiro atoms. The monoisotopic (exact) mass is 450 g/mol. The molecule has 8 nitrogen and oxygen atoms in total. The number of para-hydroxylation sites is 1. The lowest BCUT2D eigenvalue weighted by molar-refractivity contribution is -0.113. The Kier molecular flexibility index (Phi) is 7.16. The Morgan fingerprint density at radius 3 is 2.69 bits per heavy atom. The molecule has 3 aromatic rings. The van der Waals surface area contributed by atoms with Crippen molar-refractivity contribution in [1.29, 1.82) is 0 Å². The number of aryl methyl sites for hydroxylation is 1. The number of thioether (sulfide) groups is 1. The number of tetrazole rings is 1. The molecule has 4 rings (SSSR count). The molecule has 0 atom stereocenters. The van der Waals surface area contributed by atoms with Crippen LogP contribution in [0.2, 0.25) is 0 Å². The van der Waals surface area contributed by atoms with E-state index in [1.165, 1.54) is 31.0 Å². The summed E-state index contributed by atoms with van der Waals surface area (Å²) in [6.07, 6.45) is 5.73. The number of nitrogens with one attached hydrogen (secondary N) is 2. The van der Waals surface area contributed by atoms with Crippen molar-refractivity contribution in [3.05, 3.63) is 59.7 Å². The fourth-order valence-corrected chi connectivity index (χ4v) is 4.61. The second-order valence-electron chi connectivity index (χ2n) is 7.90. The third kappa shape index (κ3) is 5.53. The van der Waals surface area contributed by atoms with E-state index in [1.807, 2.05) is 35.9 Å². The summed E-state index contributed by atoms with van der Waals surface area (Å²) in [4.78, 5) is 25.4. The first kappa shape index (κ1) is 22.0. The molecule has 2 aromatic carbocycles. The van der Waals surface area contributed by atoms with Crippen molar-refractivity contribution in [2.45, 2.75) is 50.2 Å². The van der Waals surface area contributed by atoms with Gasteiger partial charge in [0.05, 0.1) is 23.0 Å². The van der Waals surface area contributed by atoms with Crippen LogP contribution < -0.4 is 10.6 Å². The highest BCUT2D eigenvalue weighted by atomic mass is 32.2. The molecule has 0 aliphatic heterocycles. The number of anilines is 2. The van der Waals surface area contributed by atoms with Crippen LogP contribution in [0.4, 0.5) is 11.4 Å². The minimum absolute atomic E-state index is 0.154. The van der Waals surface area contributed by atoms with Gasteiger partial charge in [-0.15, -0.1) is 5.10 Å². The van der Waals surface area contributed by atoms with Crippen LogP contribution >= 0.6 is 11.8 Å². The van der Waals surface area contributed by atoms with E-state index in [0.29, 0.717) is 28.1 Å². The van der Waals surface area contributed by atoms with Gasteiger partial charge in [-0.1, -0.05) is 55.3 Å². The fraction of sp³-hybridized carbons (Fsp3) is 0.348. The van der Waals surface area contributed by atoms with E-state index < -0.39 is 0 Å². The summed E-state index contributed by atoms with van der Waals surface area (Å²) in [6.45, 7) is 1.96. The van der Waals surface area contributed by atoms with Gasteiger partial charge in [0, 0.05) is 5.69 Å². The van der Waals surface area contributed by atoms with Gasteiger partial charge < -0.3 is 10.6 Å². The van der Waals surface area contributed by atoms with Crippen molar-refractivity contribution >= 4 is 35.0 Å². The zero-order valence-corrected chi connectivity index (χ0v) is 18.8. The van der Waals surface area contributed by atoms with Crippen molar-refractivity contribution in [3.8, 4) is 0 Å². The first-order chi connectivity index (χ1) is 15.6. The van der Waals surface area contributed by atoms with E-state index in [4.69, 9.17) is 0 Å². The predicted molar refractivity (Wildman–Crippen MR) is 125 cm³/mol. The number of carbonyl (C=O) groups is 2. The number of rotatable bonds is 7. The van der Waals surface area contributed by atoms with Crippen molar-refractivity contribution in [2.24, 2.45) is 0 Å². The average Bonchev–Trinajstić information content (AvgIpc) is 3.27. The highest BCUT2D eigenvalue weighted by Gasteiger charge is 2.21. The van der Waals surface area contributed by atoms with E-state index in [2.05, 4.69) is 26.2 Å². The molecule has 166 valence electrons. The van der Waals surface area contributed by atoms with Crippen molar-refractivity contribution in [1.82, 2.24) is 20.2 Å². The highest BCUT2D eigenvalue weighted by Crippen LogP contribution is 2.30. The summed E-state index contributed by atoms with van der Waals surface area (Å²) in [7, 11) is 0. The van der Waals surface area contributed by atoms with Crippen LogP contribution in [0, 0.1) is 6.92 Å². The molecule has 1 aliphatic carbocycles. The zero-order chi connectivity index (χ0) is 22.3. The van der Waals surface area contributed by atoms with Crippen molar-refractivity contribution in [2.75, 3.05) is 16.4 Å². The smallest absolute Gasteiger partial charge is 0.257 e. The Labute approximate surface area is 191 Å². The zero-order valence-electron chi connectivity index (χ0n) is 18.0. The van der Waals surface area contributed by atoms with Crippen molar-refractivity contribution in [3.63, 3.8) is 0 Å². The van der Waals surface area contributed by atoms with Crippen LogP contribution in [0.25, 0.3) is 0 Å². The molecule has 1 aliphatic rings. The number of aromatic nitrogens is 4. The lowest BCUT2D eigenvalue weighted by atomic mass is 9.96. The van der Waals surface area contributed by atoms with Gasteiger partial charge in [0.15, 0.2) is 0 Å². The molecule has 1 fully saturated rings. The van der Waals surface area contributed by atoms with Crippen LogP contribution in [-0.4, -0.2) is 37.8 Å². The quantitative estimate of drug-likeness (QED) is 0.515. The molecule has 2 amide bonds. The first-order valence-corrected chi connectivity index (χ1v) is 11.8. The molecular formula is C23H26N6O2S. The number of hydrogen-bond acceptors (Lipinski definition) is 6. The summed E-state index contributed by atoms with van der Waals surface area (Å²) in [6, 6.07) is 14.9. The molecule has 32 heavy (non-hydrogen) atoms. The Hall–Kier alpha value is -3.20. The molecule has 0 saturated heterocycles. The van der Waals surface area contributed by atoms with Gasteiger partial charge in [0.1, 0.15) is 0 Å². The van der Waals surface area contributed by atoms with Gasteiger partial charge in [-0.25, -0.2) is 4.68 Å². The number of nitrogens with zero attached hydrogens (tertiary/aromatic N) is 4. The van der Waals surface area contributed by atoms with E-state index in [1.54, 1.807) is 24.3 Å². The molecule has 0 unspecified atom stereocenters. The van der Waals surface area contributed by atoms with E-state index in [0.717, 1.165) is 18.4 Å². The number of carbonyl (C=O) groups excluding carboxylic acids is 2. The molecule has 0 bridgehead atoms. The predicted octanol–water partition coefficient (Wildman–Crippen LogP) is 4.47. The van der Waals surface area contributed by atoms with Gasteiger partial charge in [0.2, 0.25) is 11.1 Å². The van der Waals surface area contributed by atoms with Crippen LogP contribution in [-0.2, 0) is 4.79 Å². The van der Waals surface area contributed by atoms with Crippen LogP contribution in [0.1, 0.15) is 54.1 Å². The normalized spacial score (nSPS) is 14.2. The Morgan fingerprint density at radius 2 is 1.88 bits per heavy atom. The summed E-state index contributed by atoms with van der Waals surface area (Å²) < 4.78 is 1.85. The summed E-state index contributed by atoms with van der Waals surface area (Å²) in [5, 5.41) is 18.4. The van der Waals surface area contributed by atoms with Gasteiger partial charge in [-0.05, 0) is 60.0 Å². The largest absolute Gasteiger partial charge is 0.325 e. The Morgan fingerprint density at radius 1 is 1.06 bits per heavy atom. The minimum atomic E-state index is -0.277. The Balaban J connectivity index is 1.38. The molecule has 1 aromatic heterocycles. The second kappa shape index (κ2) is 10.4. The fourth-order valence-electron chi connectivity index (χ4n) is 3.86. The van der Waals surface area contributed by atoms with Gasteiger partial charge in [-0.2, -0.15) is 0 Å². The van der Waals surface area contributed by atoms with Crippen LogP contribution in [0.3, 0.4) is 0 Å². The van der Waals surface area contributed by atoms with E-state index in [-0.39, 0.29) is 17.6 Å². The average molecular weight is 451 g/mol. The number of amides is 2. The maximum atomic E-state index is 12.8. The van der Waals surface area contributed by atoms with Gasteiger partial charge in [0.25, 0.3) is 5.91 Å². The molecule has 9 heteroatoms. The van der Waals surface area contributed by atoms with Gasteiger partial charge >= 0.3 is 0 Å². The molecule has 1 saturated carbocycles. The number of benzene rings is 2. The molecule has 0 radical (unpaired) electrons. The van der Waals surface area contributed by atoms with Gasteiger partial charge in [-0.3, -0.25) is 9.59 Å². The standard InChI is InChI=1S/C23H26N6O2S/c1-16-8-7-9-17(14-16)24-22(31)19-12-5-6-13-20(19)25-21(30)15-32-23-26-27-28-29(23)18-10-3-2-4-11-18/h5-9,12-14,18H,2-4,10-11,15H2,1H3,(H,24,31)(H,25,30). The second-order valence-corrected chi connectivity index (χ2v) is 8.85. The van der Waals surface area contributed by atoms with E-state index in [9.17, 15) is 9.59 Å². The SMILES string of the molecule is Cc1cccc(NC(=O)c2ccccc2NC(=O)CSc2nnnn2C2CCCCC2)c1. The van der Waals surface area contributed by atoms with Crippen molar-refractivity contribution < 1.29 is 9.59 Å². The topological polar surface area (TPSA) is 102 Å². The number of hydrogen-bond donors (Lipinski definition) is 2. The third-order valence-electron chi connectivity index (χ3n) is 5.44. The third-order valence-corrected chi connectivity index (χ3v) is 6.37. The molecular weight excluding hydrogens is 424 g/mol. The minimum Gasteiger partial charge on any atom is -0.325 e. The first-order valence-electron chi connectivity index (χ1n) is 10.8. The van der Waals surface area contributed by atoms with Crippen LogP contribution in [0.15, 0.2) is 53.7 Å². The summed E-state index contributed by atoms with van der Waals surface area (Å²) in [5.41, 5.74) is 2.63. The maximum Gasteiger partial charge on any atom is 0.257 e. The highest BCUT2D eigenvalue weighted by molar-refractivity contribution is 7.99. The summed E-state index contributed by atoms with van der Waals surface area (Å²) >= 11 is 1.31. The van der Waals surface area contributed by atoms with Crippen LogP contribution in [0.5, 0.6) is 0 Å². The maximum absolute atomic E-state index is 12.8. The molecule has 2 N–H and O–H groups in total. The lowest BCUT2D eigenvalue weighted by Crippen LogP contribution is -2.20.